The van der Waals surface area contributed by atoms with E-state index in [2.05, 4.69) is 16.4 Å². The Kier molecular flexibility index (Phi) is 6.76. The van der Waals surface area contributed by atoms with E-state index in [0.29, 0.717) is 45.2 Å². The highest BCUT2D eigenvalue weighted by molar-refractivity contribution is 6.31. The van der Waals surface area contributed by atoms with Gasteiger partial charge in [-0.1, -0.05) is 18.5 Å². The molecule has 0 aliphatic rings. The summed E-state index contributed by atoms with van der Waals surface area (Å²) in [5, 5.41) is 21.8. The number of carboxylic acids is 1. The van der Waals surface area contributed by atoms with Crippen molar-refractivity contribution in [2.75, 3.05) is 12.4 Å². The summed E-state index contributed by atoms with van der Waals surface area (Å²) >= 11 is 6.11. The number of benzene rings is 1. The molecule has 1 amide bonds. The van der Waals surface area contributed by atoms with E-state index in [9.17, 15) is 19.6 Å². The van der Waals surface area contributed by atoms with Gasteiger partial charge in [0.25, 0.3) is 5.56 Å². The number of nitrogens with zero attached hydrogens (tertiary/aromatic N) is 4. The molecule has 3 heterocycles. The van der Waals surface area contributed by atoms with Gasteiger partial charge in [0.15, 0.2) is 5.69 Å². The highest BCUT2D eigenvalue weighted by Crippen LogP contribution is 2.33. The van der Waals surface area contributed by atoms with Crippen molar-refractivity contribution >= 4 is 34.8 Å². The molecule has 0 fully saturated rings. The number of anilines is 1. The fraction of sp³-hybridized carbons (Fsp3) is 0.160. The van der Waals surface area contributed by atoms with Gasteiger partial charge >= 0.3 is 5.97 Å². The first kappa shape index (κ1) is 24.5. The standard InChI is InChI=1S/C25H20ClN5O5/c1-3-20(24(33)28-16-6-7-22-29-19(25(34)35)12-30(22)11-16)31-13-21(36-2)18(9-23(31)32)17-8-15(26)5-4-14(17)10-27/h4-9,11-13,20H,3H2,1-2H3,(H,28,33)(H,34,35). The maximum absolute atomic E-state index is 13.2. The Hall–Kier alpha value is -4.62. The number of nitriles is 1. The molecule has 0 saturated carbocycles. The topological polar surface area (TPSA) is 139 Å². The molecule has 182 valence electrons. The Morgan fingerprint density at radius 2 is 1.97 bits per heavy atom. The Balaban J connectivity index is 1.68. The summed E-state index contributed by atoms with van der Waals surface area (Å²) in [6.07, 6.45) is 4.61. The average Bonchev–Trinajstić information content (AvgIpc) is 3.29. The summed E-state index contributed by atoms with van der Waals surface area (Å²) in [4.78, 5) is 41.4. The molecule has 10 nitrogen and oxygen atoms in total. The molecule has 1 aromatic carbocycles. The molecular weight excluding hydrogens is 486 g/mol. The number of carbonyl (C=O) groups excluding carboxylic acids is 1. The van der Waals surface area contributed by atoms with E-state index < -0.39 is 23.5 Å². The van der Waals surface area contributed by atoms with Crippen LogP contribution in [0.5, 0.6) is 5.75 Å². The molecule has 1 unspecified atom stereocenters. The van der Waals surface area contributed by atoms with Crippen LogP contribution in [-0.2, 0) is 4.79 Å². The first-order valence-electron chi connectivity index (χ1n) is 10.8. The van der Waals surface area contributed by atoms with E-state index in [1.54, 1.807) is 37.3 Å². The predicted molar refractivity (Wildman–Crippen MR) is 133 cm³/mol. The number of aromatic nitrogens is 3. The number of rotatable bonds is 7. The molecule has 3 aromatic heterocycles. The number of hydrogen-bond donors (Lipinski definition) is 2. The zero-order valence-electron chi connectivity index (χ0n) is 19.2. The second-order valence-corrected chi connectivity index (χ2v) is 8.27. The van der Waals surface area contributed by atoms with Gasteiger partial charge in [0.2, 0.25) is 5.91 Å². The van der Waals surface area contributed by atoms with Crippen LogP contribution >= 0.6 is 11.6 Å². The number of amides is 1. The Morgan fingerprint density at radius 3 is 2.64 bits per heavy atom. The first-order valence-corrected chi connectivity index (χ1v) is 11.2. The van der Waals surface area contributed by atoms with Gasteiger partial charge in [0.1, 0.15) is 17.4 Å². The largest absolute Gasteiger partial charge is 0.495 e. The van der Waals surface area contributed by atoms with Crippen LogP contribution in [-0.4, -0.2) is 38.0 Å². The molecule has 0 spiro atoms. The maximum atomic E-state index is 13.2. The van der Waals surface area contributed by atoms with E-state index >= 15 is 0 Å². The zero-order chi connectivity index (χ0) is 26.0. The third-order valence-corrected chi connectivity index (χ3v) is 5.85. The van der Waals surface area contributed by atoms with Crippen LogP contribution in [0.25, 0.3) is 16.8 Å². The molecule has 2 N–H and O–H groups in total. The molecule has 0 saturated heterocycles. The summed E-state index contributed by atoms with van der Waals surface area (Å²) < 4.78 is 8.25. The summed E-state index contributed by atoms with van der Waals surface area (Å²) in [5.41, 5.74) is 1.36. The number of ether oxygens (including phenoxy) is 1. The molecule has 0 aliphatic carbocycles. The smallest absolute Gasteiger partial charge is 0.356 e. The SMILES string of the molecule is CCC(C(=O)Nc1ccc2nc(C(=O)O)cn2c1)n1cc(OC)c(-c2cc(Cl)ccc2C#N)cc1=O. The molecule has 36 heavy (non-hydrogen) atoms. The Labute approximate surface area is 210 Å². The lowest BCUT2D eigenvalue weighted by atomic mass is 10.00. The highest BCUT2D eigenvalue weighted by Gasteiger charge is 2.23. The number of imidazole rings is 1. The van der Waals surface area contributed by atoms with Crippen LogP contribution in [0.4, 0.5) is 5.69 Å². The van der Waals surface area contributed by atoms with Crippen molar-refractivity contribution in [2.45, 2.75) is 19.4 Å². The van der Waals surface area contributed by atoms with Crippen LogP contribution in [0.2, 0.25) is 5.02 Å². The fourth-order valence-corrected chi connectivity index (χ4v) is 4.06. The van der Waals surface area contributed by atoms with Gasteiger partial charge in [-0.2, -0.15) is 5.26 Å². The van der Waals surface area contributed by atoms with Crippen LogP contribution in [0.15, 0.2) is 59.8 Å². The maximum Gasteiger partial charge on any atom is 0.356 e. The number of fused-ring (bicyclic) bond motifs is 1. The summed E-state index contributed by atoms with van der Waals surface area (Å²) in [7, 11) is 1.43. The number of hydrogen-bond acceptors (Lipinski definition) is 6. The zero-order valence-corrected chi connectivity index (χ0v) is 20.0. The minimum Gasteiger partial charge on any atom is -0.495 e. The van der Waals surface area contributed by atoms with E-state index in [4.69, 9.17) is 21.4 Å². The molecule has 4 rings (SSSR count). The van der Waals surface area contributed by atoms with E-state index in [1.165, 1.54) is 40.7 Å². The lowest BCUT2D eigenvalue weighted by Crippen LogP contribution is -2.32. The van der Waals surface area contributed by atoms with Gasteiger partial charge in [0.05, 0.1) is 30.6 Å². The van der Waals surface area contributed by atoms with Gasteiger partial charge in [-0.15, -0.1) is 0 Å². The van der Waals surface area contributed by atoms with Gasteiger partial charge in [-0.05, 0) is 36.8 Å². The fourth-order valence-electron chi connectivity index (χ4n) is 3.88. The molecule has 11 heteroatoms. The first-order chi connectivity index (χ1) is 17.2. The van der Waals surface area contributed by atoms with Gasteiger partial charge in [0, 0.05) is 34.6 Å². The number of pyridine rings is 2. The molecule has 0 bridgehead atoms. The molecule has 4 aromatic rings. The monoisotopic (exact) mass is 505 g/mol. The van der Waals surface area contributed by atoms with Crippen LogP contribution in [0.1, 0.15) is 35.4 Å². The van der Waals surface area contributed by atoms with Gasteiger partial charge < -0.3 is 19.6 Å². The third-order valence-electron chi connectivity index (χ3n) is 5.62. The van der Waals surface area contributed by atoms with Crippen molar-refractivity contribution in [3.05, 3.63) is 81.6 Å². The van der Waals surface area contributed by atoms with Crippen LogP contribution in [0, 0.1) is 11.3 Å². The number of halogens is 1. The van der Waals surface area contributed by atoms with Crippen LogP contribution < -0.4 is 15.6 Å². The predicted octanol–water partition coefficient (Wildman–Crippen LogP) is 3.98. The van der Waals surface area contributed by atoms with Crippen LogP contribution in [0.3, 0.4) is 0 Å². The second-order valence-electron chi connectivity index (χ2n) is 7.83. The van der Waals surface area contributed by atoms with Crippen molar-refractivity contribution in [1.29, 1.82) is 5.26 Å². The lowest BCUT2D eigenvalue weighted by Gasteiger charge is -2.20. The average molecular weight is 506 g/mol. The number of nitrogens with one attached hydrogen (secondary N) is 1. The Bertz CT molecular complexity index is 1600. The summed E-state index contributed by atoms with van der Waals surface area (Å²) in [6, 6.07) is 10.4. The van der Waals surface area contributed by atoms with Gasteiger partial charge in [-0.25, -0.2) is 9.78 Å². The van der Waals surface area contributed by atoms with E-state index in [1.807, 2.05) is 0 Å². The third kappa shape index (κ3) is 4.64. The lowest BCUT2D eigenvalue weighted by molar-refractivity contribution is -0.119. The van der Waals surface area contributed by atoms with Crippen molar-refractivity contribution in [3.63, 3.8) is 0 Å². The molecule has 1 atom stereocenters. The van der Waals surface area contributed by atoms with E-state index in [0.717, 1.165) is 0 Å². The Morgan fingerprint density at radius 1 is 1.19 bits per heavy atom. The highest BCUT2D eigenvalue weighted by atomic mass is 35.5. The van der Waals surface area contributed by atoms with Crippen molar-refractivity contribution in [1.82, 2.24) is 14.0 Å². The summed E-state index contributed by atoms with van der Waals surface area (Å²) in [6.45, 7) is 1.76. The number of methoxy groups -OCH3 is 1. The normalized spacial score (nSPS) is 11.6. The quantitative estimate of drug-likeness (QED) is 0.387. The number of carbonyl (C=O) groups is 2. The van der Waals surface area contributed by atoms with Crippen molar-refractivity contribution < 1.29 is 19.4 Å². The second kappa shape index (κ2) is 9.93. The molecule has 0 radical (unpaired) electrons. The number of carboxylic acid groups (broad SMARTS) is 1. The minimum absolute atomic E-state index is 0.122. The summed E-state index contributed by atoms with van der Waals surface area (Å²) in [5.74, 6) is -1.32. The number of aromatic carboxylic acids is 1. The molecule has 0 aliphatic heterocycles. The molecular formula is C25H20ClN5O5. The van der Waals surface area contributed by atoms with Crippen molar-refractivity contribution in [3.8, 4) is 22.9 Å². The minimum atomic E-state index is -1.16. The van der Waals surface area contributed by atoms with E-state index in [-0.39, 0.29) is 5.69 Å². The van der Waals surface area contributed by atoms with Crippen molar-refractivity contribution in [2.24, 2.45) is 0 Å². The van der Waals surface area contributed by atoms with Gasteiger partial charge in [-0.3, -0.25) is 14.2 Å².